The van der Waals surface area contributed by atoms with Crippen LogP contribution in [0.4, 0.5) is 5.69 Å². The van der Waals surface area contributed by atoms with Crippen LogP contribution in [0.5, 0.6) is 0 Å². The number of hydrogen-bond acceptors (Lipinski definition) is 3. The zero-order chi connectivity index (χ0) is 16.1. The van der Waals surface area contributed by atoms with E-state index >= 15 is 0 Å². The molecule has 1 N–H and O–H groups in total. The highest BCUT2D eigenvalue weighted by atomic mass is 32.2. The summed E-state index contributed by atoms with van der Waals surface area (Å²) in [6, 6.07) is 7.68. The molecular formula is C17H22N2O2S. The van der Waals surface area contributed by atoms with E-state index in [0.29, 0.717) is 5.25 Å². The summed E-state index contributed by atoms with van der Waals surface area (Å²) in [5.74, 6) is 0.964. The van der Waals surface area contributed by atoms with E-state index in [2.05, 4.69) is 19.2 Å². The third-order valence-corrected chi connectivity index (χ3v) is 5.15. The molecule has 0 spiro atoms. The molecule has 0 radical (unpaired) electrons. The number of hydrogen-bond donors (Lipinski definition) is 1. The third kappa shape index (κ3) is 4.37. The number of thioether (sulfide) groups is 1. The predicted octanol–water partition coefficient (Wildman–Crippen LogP) is 3.01. The van der Waals surface area contributed by atoms with Crippen molar-refractivity contribution in [2.75, 3.05) is 17.6 Å². The summed E-state index contributed by atoms with van der Waals surface area (Å²) >= 11 is 1.92. The molecule has 1 aliphatic heterocycles. The van der Waals surface area contributed by atoms with Crippen LogP contribution in [-0.2, 0) is 9.59 Å². The summed E-state index contributed by atoms with van der Waals surface area (Å²) in [6.45, 7) is 6.55. The van der Waals surface area contributed by atoms with Gasteiger partial charge in [0.1, 0.15) is 0 Å². The molecule has 22 heavy (non-hydrogen) atoms. The summed E-state index contributed by atoms with van der Waals surface area (Å²) in [6.07, 6.45) is 3.45. The van der Waals surface area contributed by atoms with E-state index < -0.39 is 0 Å². The van der Waals surface area contributed by atoms with Gasteiger partial charge in [0.25, 0.3) is 0 Å². The Bertz CT molecular complexity index is 569. The second-order valence-electron chi connectivity index (χ2n) is 5.48. The number of benzene rings is 1. The lowest BCUT2D eigenvalue weighted by molar-refractivity contribution is -0.127. The van der Waals surface area contributed by atoms with Gasteiger partial charge in [-0.3, -0.25) is 9.59 Å². The third-order valence-electron chi connectivity index (χ3n) is 3.82. The van der Waals surface area contributed by atoms with Gasteiger partial charge in [-0.1, -0.05) is 19.1 Å². The summed E-state index contributed by atoms with van der Waals surface area (Å²) in [5, 5.41) is 3.19. The second-order valence-corrected chi connectivity index (χ2v) is 6.97. The summed E-state index contributed by atoms with van der Waals surface area (Å²) < 4.78 is 0. The number of anilines is 1. The van der Waals surface area contributed by atoms with Gasteiger partial charge in [0.05, 0.1) is 0 Å². The average molecular weight is 318 g/mol. The molecule has 4 nitrogen and oxygen atoms in total. The molecule has 2 rings (SSSR count). The maximum absolute atomic E-state index is 12.3. The van der Waals surface area contributed by atoms with Crippen molar-refractivity contribution in [2.24, 2.45) is 0 Å². The fourth-order valence-corrected chi connectivity index (χ4v) is 3.49. The van der Waals surface area contributed by atoms with Crippen LogP contribution in [0.2, 0.25) is 0 Å². The van der Waals surface area contributed by atoms with E-state index in [9.17, 15) is 9.59 Å². The first kappa shape index (κ1) is 16.6. The maximum Gasteiger partial charge on any atom is 0.246 e. The normalized spacial score (nSPS) is 21.9. The van der Waals surface area contributed by atoms with Crippen molar-refractivity contribution in [3.63, 3.8) is 0 Å². The number of carbonyl (C=O) groups excluding carboxylic acids is 2. The molecule has 5 heteroatoms. The monoisotopic (exact) mass is 318 g/mol. The minimum atomic E-state index is -0.0930. The molecule has 1 saturated heterocycles. The van der Waals surface area contributed by atoms with Crippen LogP contribution in [0.25, 0.3) is 6.08 Å². The Labute approximate surface area is 136 Å². The Hall–Kier alpha value is -1.75. The molecule has 1 heterocycles. The van der Waals surface area contributed by atoms with Crippen molar-refractivity contribution in [1.29, 1.82) is 0 Å². The summed E-state index contributed by atoms with van der Waals surface area (Å²) in [4.78, 5) is 25.2. The van der Waals surface area contributed by atoms with Gasteiger partial charge >= 0.3 is 0 Å². The van der Waals surface area contributed by atoms with Crippen LogP contribution in [0.3, 0.4) is 0 Å². The molecule has 1 aromatic rings. The lowest BCUT2D eigenvalue weighted by Crippen LogP contribution is -2.47. The highest BCUT2D eigenvalue weighted by Gasteiger charge is 2.27. The molecule has 1 aromatic carbocycles. The quantitative estimate of drug-likeness (QED) is 0.872. The van der Waals surface area contributed by atoms with Gasteiger partial charge in [0.2, 0.25) is 11.8 Å². The van der Waals surface area contributed by atoms with Gasteiger partial charge in [0.15, 0.2) is 0 Å². The highest BCUT2D eigenvalue weighted by molar-refractivity contribution is 8.00. The fraction of sp³-hybridized carbons (Fsp3) is 0.412. The molecule has 0 aliphatic carbocycles. The summed E-state index contributed by atoms with van der Waals surface area (Å²) in [7, 11) is 0. The largest absolute Gasteiger partial charge is 0.335 e. The van der Waals surface area contributed by atoms with Crippen molar-refractivity contribution >= 4 is 35.3 Å². The molecule has 118 valence electrons. The lowest BCUT2D eigenvalue weighted by atomic mass is 10.1. The molecule has 2 atom stereocenters. The van der Waals surface area contributed by atoms with E-state index in [1.165, 1.54) is 6.92 Å². The van der Waals surface area contributed by atoms with Crippen LogP contribution in [-0.4, -0.2) is 40.3 Å². The van der Waals surface area contributed by atoms with Crippen LogP contribution in [0.15, 0.2) is 30.3 Å². The van der Waals surface area contributed by atoms with Crippen LogP contribution >= 0.6 is 11.8 Å². The Kier molecular flexibility index (Phi) is 5.66. The minimum absolute atomic E-state index is 0.0607. The first-order valence-electron chi connectivity index (χ1n) is 7.45. The van der Waals surface area contributed by atoms with Crippen molar-refractivity contribution in [3.05, 3.63) is 35.9 Å². The predicted molar refractivity (Wildman–Crippen MR) is 92.9 cm³/mol. The maximum atomic E-state index is 12.3. The van der Waals surface area contributed by atoms with E-state index in [0.717, 1.165) is 23.5 Å². The second kappa shape index (κ2) is 7.49. The number of carbonyl (C=O) groups is 2. The van der Waals surface area contributed by atoms with Crippen LogP contribution in [0.1, 0.15) is 26.3 Å². The summed E-state index contributed by atoms with van der Waals surface area (Å²) in [5.41, 5.74) is 1.70. The smallest absolute Gasteiger partial charge is 0.246 e. The first-order chi connectivity index (χ1) is 10.5. The number of nitrogens with zero attached hydrogens (tertiary/aromatic N) is 1. The molecule has 0 aromatic heterocycles. The van der Waals surface area contributed by atoms with Gasteiger partial charge in [-0.25, -0.2) is 0 Å². The van der Waals surface area contributed by atoms with Crippen molar-refractivity contribution in [1.82, 2.24) is 4.90 Å². The zero-order valence-electron chi connectivity index (χ0n) is 13.2. The van der Waals surface area contributed by atoms with Gasteiger partial charge in [-0.2, -0.15) is 11.8 Å². The van der Waals surface area contributed by atoms with Crippen molar-refractivity contribution in [2.45, 2.75) is 32.1 Å². The molecular weight excluding hydrogens is 296 g/mol. The SMILES string of the molecule is CC(=O)Nc1ccc(/C=C/C(=O)N2CCS[C@H](C)[C@H]2C)cc1. The van der Waals surface area contributed by atoms with E-state index in [4.69, 9.17) is 0 Å². The first-order valence-corrected chi connectivity index (χ1v) is 8.50. The van der Waals surface area contributed by atoms with Gasteiger partial charge in [-0.05, 0) is 30.7 Å². The van der Waals surface area contributed by atoms with Crippen LogP contribution < -0.4 is 5.32 Å². The van der Waals surface area contributed by atoms with Crippen molar-refractivity contribution < 1.29 is 9.59 Å². The van der Waals surface area contributed by atoms with Gasteiger partial charge in [0, 0.05) is 42.3 Å². The highest BCUT2D eigenvalue weighted by Crippen LogP contribution is 2.24. The molecule has 0 saturated carbocycles. The van der Waals surface area contributed by atoms with E-state index in [1.54, 1.807) is 6.08 Å². The molecule has 0 bridgehead atoms. The van der Waals surface area contributed by atoms with Crippen molar-refractivity contribution in [3.8, 4) is 0 Å². The number of amides is 2. The lowest BCUT2D eigenvalue weighted by Gasteiger charge is -2.36. The van der Waals surface area contributed by atoms with Gasteiger partial charge < -0.3 is 10.2 Å². The molecule has 1 aliphatic rings. The van der Waals surface area contributed by atoms with E-state index in [-0.39, 0.29) is 17.9 Å². The Morgan fingerprint density at radius 3 is 2.59 bits per heavy atom. The topological polar surface area (TPSA) is 49.4 Å². The van der Waals surface area contributed by atoms with Crippen LogP contribution in [0, 0.1) is 0 Å². The average Bonchev–Trinajstić information content (AvgIpc) is 2.48. The molecule has 1 fully saturated rings. The molecule has 2 amide bonds. The Balaban J connectivity index is 1.98. The number of rotatable bonds is 3. The van der Waals surface area contributed by atoms with Gasteiger partial charge in [-0.15, -0.1) is 0 Å². The Morgan fingerprint density at radius 2 is 1.95 bits per heavy atom. The van der Waals surface area contributed by atoms with E-state index in [1.807, 2.05) is 47.0 Å². The zero-order valence-corrected chi connectivity index (χ0v) is 14.0. The standard InChI is InChI=1S/C17H22N2O2S/c1-12-13(2)22-11-10-19(12)17(21)9-6-15-4-7-16(8-5-15)18-14(3)20/h4-9,12-13H,10-11H2,1-3H3,(H,18,20)/b9-6+/t12-,13-/m1/s1. The minimum Gasteiger partial charge on any atom is -0.335 e. The Morgan fingerprint density at radius 1 is 1.27 bits per heavy atom. The molecule has 0 unspecified atom stereocenters. The fourth-order valence-electron chi connectivity index (χ4n) is 2.39. The number of nitrogens with one attached hydrogen (secondary N) is 1.